The maximum Gasteiger partial charge on any atom is 0.272 e. The van der Waals surface area contributed by atoms with Crippen molar-refractivity contribution >= 4 is 17.5 Å². The molecule has 1 amide bonds. The van der Waals surface area contributed by atoms with E-state index in [1.54, 1.807) is 23.0 Å². The zero-order chi connectivity index (χ0) is 24.9. The molecule has 5 aromatic rings. The highest BCUT2D eigenvalue weighted by Gasteiger charge is 2.15. The third-order valence-electron chi connectivity index (χ3n) is 5.66. The Labute approximate surface area is 213 Å². The van der Waals surface area contributed by atoms with E-state index in [0.29, 0.717) is 23.0 Å². The van der Waals surface area contributed by atoms with Crippen molar-refractivity contribution < 1.29 is 9.53 Å². The molecule has 7 nitrogen and oxygen atoms in total. The van der Waals surface area contributed by atoms with Crippen molar-refractivity contribution in [2.45, 2.75) is 20.2 Å². The fourth-order valence-corrected chi connectivity index (χ4v) is 4.05. The van der Waals surface area contributed by atoms with Crippen molar-refractivity contribution in [2.75, 3.05) is 0 Å². The van der Waals surface area contributed by atoms with Crippen LogP contribution in [0.25, 0.3) is 16.9 Å². The van der Waals surface area contributed by atoms with Gasteiger partial charge in [-0.2, -0.15) is 10.2 Å². The second-order valence-electron chi connectivity index (χ2n) is 8.26. The topological polar surface area (TPSA) is 74.0 Å². The van der Waals surface area contributed by atoms with Crippen molar-refractivity contribution in [3.05, 3.63) is 119 Å². The van der Waals surface area contributed by atoms with E-state index >= 15 is 0 Å². The Bertz CT molecular complexity index is 1480. The first-order valence-corrected chi connectivity index (χ1v) is 11.8. The van der Waals surface area contributed by atoms with Crippen LogP contribution in [-0.2, 0) is 13.3 Å². The number of carbonyl (C=O) groups excluding carboxylic acids is 1. The number of nitrogens with zero attached hydrogens (tertiary/aromatic N) is 4. The molecule has 0 saturated heterocycles. The van der Waals surface area contributed by atoms with Gasteiger partial charge in [-0.1, -0.05) is 60.1 Å². The first-order chi connectivity index (χ1) is 17.6. The Balaban J connectivity index is 1.28. The van der Waals surface area contributed by atoms with Gasteiger partial charge in [0.05, 0.1) is 11.4 Å². The van der Waals surface area contributed by atoms with Gasteiger partial charge in [0, 0.05) is 35.1 Å². The van der Waals surface area contributed by atoms with E-state index in [2.05, 4.69) is 10.4 Å². The molecule has 0 spiro atoms. The zero-order valence-electron chi connectivity index (χ0n) is 19.6. The lowest BCUT2D eigenvalue weighted by atomic mass is 10.1. The average molecular weight is 498 g/mol. The fourth-order valence-electron chi connectivity index (χ4n) is 3.82. The number of ether oxygens (including phenoxy) is 1. The summed E-state index contributed by atoms with van der Waals surface area (Å²) in [6.45, 7) is 2.41. The normalized spacial score (nSPS) is 10.8. The lowest BCUT2D eigenvalue weighted by Crippen LogP contribution is -2.23. The quantitative estimate of drug-likeness (QED) is 0.300. The van der Waals surface area contributed by atoms with Crippen molar-refractivity contribution in [2.24, 2.45) is 0 Å². The van der Waals surface area contributed by atoms with Crippen molar-refractivity contribution in [1.82, 2.24) is 24.9 Å². The van der Waals surface area contributed by atoms with Crippen LogP contribution in [0.4, 0.5) is 0 Å². The van der Waals surface area contributed by atoms with Crippen LogP contribution < -0.4 is 10.1 Å². The minimum atomic E-state index is -0.275. The molecule has 0 fully saturated rings. The van der Waals surface area contributed by atoms with Crippen molar-refractivity contribution in [3.8, 4) is 22.7 Å². The van der Waals surface area contributed by atoms with Gasteiger partial charge in [-0.05, 0) is 48.9 Å². The molecule has 0 radical (unpaired) electrons. The molecule has 1 N–H and O–H groups in total. The van der Waals surface area contributed by atoms with Crippen LogP contribution in [0, 0.1) is 6.92 Å². The number of para-hydroxylation sites is 1. The van der Waals surface area contributed by atoms with Gasteiger partial charge in [-0.15, -0.1) is 0 Å². The predicted molar refractivity (Wildman–Crippen MR) is 139 cm³/mol. The summed E-state index contributed by atoms with van der Waals surface area (Å²) in [6, 6.07) is 26.9. The van der Waals surface area contributed by atoms with Gasteiger partial charge in [0.1, 0.15) is 11.4 Å². The molecule has 8 heteroatoms. The number of hydrogen-bond acceptors (Lipinski definition) is 4. The summed E-state index contributed by atoms with van der Waals surface area (Å²) in [4.78, 5) is 12.9. The zero-order valence-corrected chi connectivity index (χ0v) is 20.4. The second kappa shape index (κ2) is 10.5. The molecule has 0 aliphatic carbocycles. The van der Waals surface area contributed by atoms with Crippen LogP contribution >= 0.6 is 11.6 Å². The molecule has 0 bridgehead atoms. The highest BCUT2D eigenvalue weighted by molar-refractivity contribution is 6.30. The summed E-state index contributed by atoms with van der Waals surface area (Å²) in [5.41, 5.74) is 4.88. The summed E-state index contributed by atoms with van der Waals surface area (Å²) < 4.78 is 9.21. The van der Waals surface area contributed by atoms with Gasteiger partial charge in [0.15, 0.2) is 6.73 Å². The molecule has 36 heavy (non-hydrogen) atoms. The molecule has 2 aromatic heterocycles. The molecule has 2 heterocycles. The molecule has 3 aromatic carbocycles. The van der Waals surface area contributed by atoms with E-state index in [-0.39, 0.29) is 12.6 Å². The number of aryl methyl sites for hydroxylation is 1. The average Bonchev–Trinajstić information content (AvgIpc) is 3.56. The first kappa shape index (κ1) is 23.4. The Morgan fingerprint density at radius 3 is 2.47 bits per heavy atom. The standard InChI is InChI=1S/C28H24ClN5O2/c1-20-16-23(29)12-13-26(20)36-19-33-15-14-25(31-33)28(35)30-17-22-18-34(24-10-6-3-7-11-24)32-27(22)21-8-4-2-5-9-21/h2-16,18H,17,19H2,1H3,(H,30,35). The second-order valence-corrected chi connectivity index (χ2v) is 8.69. The third kappa shape index (κ3) is 5.31. The van der Waals surface area contributed by atoms with E-state index in [4.69, 9.17) is 21.4 Å². The number of rotatable bonds is 8. The van der Waals surface area contributed by atoms with Gasteiger partial charge in [0.25, 0.3) is 5.91 Å². The summed E-state index contributed by atoms with van der Waals surface area (Å²) in [5.74, 6) is 0.438. The minimum absolute atomic E-state index is 0.178. The largest absolute Gasteiger partial charge is 0.471 e. The van der Waals surface area contributed by atoms with E-state index < -0.39 is 0 Å². The Kier molecular flexibility index (Phi) is 6.82. The number of aromatic nitrogens is 4. The third-order valence-corrected chi connectivity index (χ3v) is 5.90. The highest BCUT2D eigenvalue weighted by atomic mass is 35.5. The number of carbonyl (C=O) groups is 1. The van der Waals surface area contributed by atoms with Crippen LogP contribution in [0.15, 0.2) is 97.3 Å². The van der Waals surface area contributed by atoms with Gasteiger partial charge in [-0.3, -0.25) is 4.79 Å². The lowest BCUT2D eigenvalue weighted by Gasteiger charge is -2.09. The Morgan fingerprint density at radius 1 is 0.972 bits per heavy atom. The molecule has 0 aliphatic heterocycles. The summed E-state index contributed by atoms with van der Waals surface area (Å²) in [5, 5.41) is 12.8. The Hall–Kier alpha value is -4.36. The minimum Gasteiger partial charge on any atom is -0.471 e. The maximum absolute atomic E-state index is 12.9. The highest BCUT2D eigenvalue weighted by Crippen LogP contribution is 2.24. The van der Waals surface area contributed by atoms with E-state index in [1.165, 1.54) is 0 Å². The molecular weight excluding hydrogens is 474 g/mol. The molecule has 0 unspecified atom stereocenters. The van der Waals surface area contributed by atoms with Crippen molar-refractivity contribution in [3.63, 3.8) is 0 Å². The number of halogens is 1. The summed E-state index contributed by atoms with van der Waals surface area (Å²) in [7, 11) is 0. The number of amides is 1. The van der Waals surface area contributed by atoms with Gasteiger partial charge in [0.2, 0.25) is 0 Å². The van der Waals surface area contributed by atoms with E-state index in [0.717, 1.165) is 28.1 Å². The fraction of sp³-hybridized carbons (Fsp3) is 0.107. The Morgan fingerprint density at radius 2 is 1.72 bits per heavy atom. The van der Waals surface area contributed by atoms with Gasteiger partial charge in [-0.25, -0.2) is 9.36 Å². The maximum atomic E-state index is 12.9. The SMILES string of the molecule is Cc1cc(Cl)ccc1OCn1ccc(C(=O)NCc2cn(-c3ccccc3)nc2-c2ccccc2)n1. The van der Waals surface area contributed by atoms with Crippen LogP contribution in [0.3, 0.4) is 0 Å². The molecule has 180 valence electrons. The predicted octanol–water partition coefficient (Wildman–Crippen LogP) is 5.66. The number of hydrogen-bond donors (Lipinski definition) is 1. The van der Waals surface area contributed by atoms with Crippen LogP contribution in [0.1, 0.15) is 21.6 Å². The van der Waals surface area contributed by atoms with E-state index in [1.807, 2.05) is 90.6 Å². The molecule has 0 atom stereocenters. The van der Waals surface area contributed by atoms with Crippen molar-refractivity contribution in [1.29, 1.82) is 0 Å². The van der Waals surface area contributed by atoms with Crippen LogP contribution in [0.5, 0.6) is 5.75 Å². The first-order valence-electron chi connectivity index (χ1n) is 11.5. The summed E-state index contributed by atoms with van der Waals surface area (Å²) in [6.07, 6.45) is 3.65. The molecule has 0 saturated carbocycles. The number of nitrogens with one attached hydrogen (secondary N) is 1. The van der Waals surface area contributed by atoms with Gasteiger partial charge >= 0.3 is 0 Å². The van der Waals surface area contributed by atoms with Gasteiger partial charge < -0.3 is 10.1 Å². The van der Waals surface area contributed by atoms with Crippen LogP contribution in [0.2, 0.25) is 5.02 Å². The summed E-state index contributed by atoms with van der Waals surface area (Å²) >= 11 is 6.00. The van der Waals surface area contributed by atoms with Crippen LogP contribution in [-0.4, -0.2) is 25.5 Å². The van der Waals surface area contributed by atoms with E-state index in [9.17, 15) is 4.79 Å². The molecule has 5 rings (SSSR count). The smallest absolute Gasteiger partial charge is 0.272 e. The monoisotopic (exact) mass is 497 g/mol. The lowest BCUT2D eigenvalue weighted by molar-refractivity contribution is 0.0944. The molecule has 0 aliphatic rings. The molecular formula is C28H24ClN5O2. The number of benzene rings is 3.